The van der Waals surface area contributed by atoms with Gasteiger partial charge in [-0.25, -0.2) is 14.5 Å². The number of methoxy groups -OCH3 is 1. The van der Waals surface area contributed by atoms with E-state index in [0.29, 0.717) is 16.5 Å². The van der Waals surface area contributed by atoms with Crippen molar-refractivity contribution >= 4 is 46.1 Å². The van der Waals surface area contributed by atoms with Gasteiger partial charge in [0.2, 0.25) is 0 Å². The van der Waals surface area contributed by atoms with Crippen LogP contribution in [0.15, 0.2) is 91.0 Å². The summed E-state index contributed by atoms with van der Waals surface area (Å²) in [7, 11) is 1.22. The largest absolute Gasteiger partial charge is 0.467 e. The minimum Gasteiger partial charge on any atom is -0.467 e. The second kappa shape index (κ2) is 11.2. The van der Waals surface area contributed by atoms with Crippen LogP contribution < -0.4 is 10.2 Å². The first kappa shape index (κ1) is 26.3. The molecule has 0 bridgehead atoms. The maximum Gasteiger partial charge on any atom is 0.338 e. The Morgan fingerprint density at radius 1 is 0.800 bits per heavy atom. The molecule has 1 aliphatic rings. The average molecular weight is 537 g/mol. The fourth-order valence-corrected chi connectivity index (χ4v) is 4.65. The molecule has 1 aliphatic heterocycles. The molecule has 40 heavy (non-hydrogen) atoms. The van der Waals surface area contributed by atoms with Crippen LogP contribution in [0.5, 0.6) is 0 Å². The summed E-state index contributed by atoms with van der Waals surface area (Å²) in [5.41, 5.74) is 2.06. The highest BCUT2D eigenvalue weighted by Gasteiger charge is 2.34. The molecule has 0 saturated heterocycles. The van der Waals surface area contributed by atoms with Crippen LogP contribution in [0.4, 0.5) is 5.69 Å². The molecule has 0 aliphatic carbocycles. The number of carbonyl (C=O) groups is 5. The smallest absolute Gasteiger partial charge is 0.338 e. The molecule has 4 aromatic carbocycles. The molecule has 3 amide bonds. The second-order valence-corrected chi connectivity index (χ2v) is 9.11. The summed E-state index contributed by atoms with van der Waals surface area (Å²) in [6.07, 6.45) is 0.210. The van der Waals surface area contributed by atoms with Crippen molar-refractivity contribution < 1.29 is 33.4 Å². The van der Waals surface area contributed by atoms with Gasteiger partial charge in [0.1, 0.15) is 6.04 Å². The van der Waals surface area contributed by atoms with E-state index in [-0.39, 0.29) is 17.7 Å². The molecule has 0 aromatic heterocycles. The van der Waals surface area contributed by atoms with Crippen LogP contribution in [-0.4, -0.2) is 49.4 Å². The molecule has 9 heteroatoms. The second-order valence-electron chi connectivity index (χ2n) is 9.11. The van der Waals surface area contributed by atoms with Crippen molar-refractivity contribution in [2.75, 3.05) is 18.6 Å². The SMILES string of the molecule is COC(=O)[C@H](Cc1ccccc1)NC(=O)COC(=O)c1ccc(N2C(=O)c3cccc4cccc(c34)C2=O)cc1. The molecule has 4 aromatic rings. The number of rotatable bonds is 8. The fourth-order valence-electron chi connectivity index (χ4n) is 4.65. The average Bonchev–Trinajstić information content (AvgIpc) is 2.98. The van der Waals surface area contributed by atoms with E-state index in [1.54, 1.807) is 24.3 Å². The molecular formula is C31H24N2O7. The van der Waals surface area contributed by atoms with Crippen molar-refractivity contribution in [1.82, 2.24) is 5.32 Å². The third-order valence-electron chi connectivity index (χ3n) is 6.57. The lowest BCUT2D eigenvalue weighted by Crippen LogP contribution is -2.44. The number of anilines is 1. The minimum atomic E-state index is -0.950. The Balaban J connectivity index is 1.23. The molecule has 0 unspecified atom stereocenters. The van der Waals surface area contributed by atoms with E-state index < -0.39 is 42.3 Å². The number of imide groups is 1. The third-order valence-corrected chi connectivity index (χ3v) is 6.57. The van der Waals surface area contributed by atoms with E-state index >= 15 is 0 Å². The molecule has 1 heterocycles. The van der Waals surface area contributed by atoms with Crippen LogP contribution in [0.2, 0.25) is 0 Å². The third kappa shape index (κ3) is 5.17. The van der Waals surface area contributed by atoms with Crippen molar-refractivity contribution in [1.29, 1.82) is 0 Å². The molecule has 200 valence electrons. The Kier molecular flexibility index (Phi) is 7.37. The quantitative estimate of drug-likeness (QED) is 0.269. The lowest BCUT2D eigenvalue weighted by molar-refractivity contribution is -0.145. The summed E-state index contributed by atoms with van der Waals surface area (Å²) in [4.78, 5) is 64.7. The highest BCUT2D eigenvalue weighted by Crippen LogP contribution is 2.32. The predicted octanol–water partition coefficient (Wildman–Crippen LogP) is 3.70. The molecule has 5 rings (SSSR count). The van der Waals surface area contributed by atoms with Crippen LogP contribution in [0.3, 0.4) is 0 Å². The summed E-state index contributed by atoms with van der Waals surface area (Å²) in [5.74, 6) is -3.01. The lowest BCUT2D eigenvalue weighted by Gasteiger charge is -2.27. The molecule has 9 nitrogen and oxygen atoms in total. The maximum atomic E-state index is 13.2. The van der Waals surface area contributed by atoms with E-state index in [1.165, 1.54) is 31.4 Å². The fraction of sp³-hybridized carbons (Fsp3) is 0.129. The first-order chi connectivity index (χ1) is 19.4. The van der Waals surface area contributed by atoms with Gasteiger partial charge in [0, 0.05) is 22.9 Å². The Labute approximate surface area is 229 Å². The number of esters is 2. The van der Waals surface area contributed by atoms with Gasteiger partial charge >= 0.3 is 11.9 Å². The molecule has 0 spiro atoms. The van der Waals surface area contributed by atoms with Crippen molar-refractivity contribution in [2.24, 2.45) is 0 Å². The van der Waals surface area contributed by atoms with Crippen LogP contribution in [0.25, 0.3) is 10.8 Å². The Hall–Kier alpha value is -5.31. The Morgan fingerprint density at radius 3 is 2.02 bits per heavy atom. The number of amides is 3. The normalized spacial score (nSPS) is 13.1. The van der Waals surface area contributed by atoms with E-state index in [0.717, 1.165) is 15.8 Å². The first-order valence-electron chi connectivity index (χ1n) is 12.5. The van der Waals surface area contributed by atoms with E-state index in [1.807, 2.05) is 42.5 Å². The van der Waals surface area contributed by atoms with Crippen molar-refractivity contribution in [2.45, 2.75) is 12.5 Å². The monoisotopic (exact) mass is 536 g/mol. The first-order valence-corrected chi connectivity index (χ1v) is 12.5. The standard InChI is InChI=1S/C31H24N2O7/c1-39-31(38)25(17-19-7-3-2-4-8-19)32-26(34)18-40-30(37)21-13-15-22(16-14-21)33-28(35)23-11-5-9-20-10-6-12-24(27(20)23)29(33)36/h2-16,25H,17-18H2,1H3,(H,32,34)/t25-/m0/s1. The minimum absolute atomic E-state index is 0.116. The Morgan fingerprint density at radius 2 is 1.43 bits per heavy atom. The van der Waals surface area contributed by atoms with Gasteiger partial charge in [0.25, 0.3) is 17.7 Å². The lowest BCUT2D eigenvalue weighted by atomic mass is 9.94. The van der Waals surface area contributed by atoms with Crippen LogP contribution in [-0.2, 0) is 25.5 Å². The van der Waals surface area contributed by atoms with Crippen LogP contribution in [0, 0.1) is 0 Å². The van der Waals surface area contributed by atoms with E-state index in [4.69, 9.17) is 9.47 Å². The highest BCUT2D eigenvalue weighted by atomic mass is 16.5. The van der Waals surface area contributed by atoms with Gasteiger partial charge in [-0.05, 0) is 47.3 Å². The van der Waals surface area contributed by atoms with E-state index in [2.05, 4.69) is 5.32 Å². The Bertz CT molecular complexity index is 1580. The van der Waals surface area contributed by atoms with Gasteiger partial charge < -0.3 is 14.8 Å². The van der Waals surface area contributed by atoms with Crippen molar-refractivity contribution in [3.8, 4) is 0 Å². The number of ether oxygens (including phenoxy) is 2. The maximum absolute atomic E-state index is 13.2. The zero-order valence-corrected chi connectivity index (χ0v) is 21.5. The molecule has 1 atom stereocenters. The molecule has 0 fully saturated rings. The molecule has 0 radical (unpaired) electrons. The molecular weight excluding hydrogens is 512 g/mol. The number of hydrogen-bond acceptors (Lipinski definition) is 7. The number of benzene rings is 4. The summed E-state index contributed by atoms with van der Waals surface area (Å²) >= 11 is 0. The summed E-state index contributed by atoms with van der Waals surface area (Å²) in [6, 6.07) is 24.5. The van der Waals surface area contributed by atoms with Crippen LogP contribution >= 0.6 is 0 Å². The zero-order chi connectivity index (χ0) is 28.2. The topological polar surface area (TPSA) is 119 Å². The summed E-state index contributed by atoms with van der Waals surface area (Å²) < 4.78 is 9.90. The number of carbonyl (C=O) groups excluding carboxylic acids is 5. The van der Waals surface area contributed by atoms with Gasteiger partial charge in [0.05, 0.1) is 18.4 Å². The van der Waals surface area contributed by atoms with Gasteiger partial charge in [-0.3, -0.25) is 14.4 Å². The summed E-state index contributed by atoms with van der Waals surface area (Å²) in [6.45, 7) is -0.618. The highest BCUT2D eigenvalue weighted by molar-refractivity contribution is 6.35. The van der Waals surface area contributed by atoms with Crippen molar-refractivity contribution in [3.05, 3.63) is 113 Å². The number of nitrogens with one attached hydrogen (secondary N) is 1. The van der Waals surface area contributed by atoms with Gasteiger partial charge in [-0.2, -0.15) is 0 Å². The van der Waals surface area contributed by atoms with Crippen LogP contribution in [0.1, 0.15) is 36.6 Å². The van der Waals surface area contributed by atoms with Gasteiger partial charge in [-0.15, -0.1) is 0 Å². The van der Waals surface area contributed by atoms with Gasteiger partial charge in [0.15, 0.2) is 6.61 Å². The number of hydrogen-bond donors (Lipinski definition) is 1. The van der Waals surface area contributed by atoms with Crippen molar-refractivity contribution in [3.63, 3.8) is 0 Å². The van der Waals surface area contributed by atoms with Gasteiger partial charge in [-0.1, -0.05) is 54.6 Å². The zero-order valence-electron chi connectivity index (χ0n) is 21.5. The predicted molar refractivity (Wildman–Crippen MR) is 146 cm³/mol. The summed E-state index contributed by atoms with van der Waals surface area (Å²) in [5, 5.41) is 3.95. The van der Waals surface area contributed by atoms with E-state index in [9.17, 15) is 24.0 Å². The molecule has 0 saturated carbocycles. The molecule has 1 N–H and O–H groups in total. The number of nitrogens with zero attached hydrogens (tertiary/aromatic N) is 1.